The number of nitrogens with zero attached hydrogens (tertiary/aromatic N) is 2. The van der Waals surface area contributed by atoms with Crippen molar-refractivity contribution < 1.29 is 8.42 Å². The average Bonchev–Trinajstić information content (AvgIpc) is 3.01. The maximum atomic E-state index is 12.4. The van der Waals surface area contributed by atoms with Crippen LogP contribution in [0.5, 0.6) is 0 Å². The van der Waals surface area contributed by atoms with E-state index < -0.39 is 10.0 Å². The molecule has 0 unspecified atom stereocenters. The molecule has 0 atom stereocenters. The van der Waals surface area contributed by atoms with Gasteiger partial charge in [0.2, 0.25) is 10.0 Å². The van der Waals surface area contributed by atoms with Crippen LogP contribution in [-0.2, 0) is 10.0 Å². The van der Waals surface area contributed by atoms with Gasteiger partial charge in [0, 0.05) is 6.54 Å². The Morgan fingerprint density at radius 2 is 1.70 bits per heavy atom. The van der Waals surface area contributed by atoms with Crippen molar-refractivity contribution >= 4 is 32.8 Å². The lowest BCUT2D eigenvalue weighted by molar-refractivity contribution is 0.559. The van der Waals surface area contributed by atoms with E-state index in [1.165, 1.54) is 38.5 Å². The molecule has 0 spiro atoms. The second-order valence-electron chi connectivity index (χ2n) is 5.76. The van der Waals surface area contributed by atoms with Gasteiger partial charge in [-0.3, -0.25) is 0 Å². The van der Waals surface area contributed by atoms with Gasteiger partial charge in [0.25, 0.3) is 0 Å². The molecule has 1 aromatic carbocycles. The van der Waals surface area contributed by atoms with Gasteiger partial charge in [-0.25, -0.2) is 13.1 Å². The average molecular weight is 356 g/mol. The fraction of sp³-hybridized carbons (Fsp3) is 0.625. The first-order chi connectivity index (χ1) is 11.1. The maximum Gasteiger partial charge on any atom is 0.242 e. The van der Waals surface area contributed by atoms with E-state index in [4.69, 9.17) is 0 Å². The molecule has 1 aromatic heterocycles. The highest BCUT2D eigenvalue weighted by Gasteiger charge is 2.18. The third-order valence-corrected chi connectivity index (χ3v) is 5.90. The molecule has 0 bridgehead atoms. The zero-order valence-corrected chi connectivity index (χ0v) is 15.3. The third-order valence-electron chi connectivity index (χ3n) is 3.86. The van der Waals surface area contributed by atoms with Gasteiger partial charge in [-0.1, -0.05) is 57.9 Å². The minimum Gasteiger partial charge on any atom is -0.211 e. The number of hydrogen-bond donors (Lipinski definition) is 1. The molecule has 0 saturated carbocycles. The minimum atomic E-state index is -3.51. The zero-order valence-electron chi connectivity index (χ0n) is 13.6. The summed E-state index contributed by atoms with van der Waals surface area (Å²) in [7, 11) is -3.51. The van der Waals surface area contributed by atoms with Crippen molar-refractivity contribution in [2.24, 2.45) is 0 Å². The van der Waals surface area contributed by atoms with Gasteiger partial charge in [-0.15, -0.1) is 0 Å². The summed E-state index contributed by atoms with van der Waals surface area (Å²) in [5, 5.41) is 0. The Hall–Kier alpha value is -1.05. The number of aromatic nitrogens is 2. The summed E-state index contributed by atoms with van der Waals surface area (Å²) < 4.78 is 35.6. The lowest BCUT2D eigenvalue weighted by atomic mass is 10.1. The predicted octanol–water partition coefficient (Wildman–Crippen LogP) is 4.11. The van der Waals surface area contributed by atoms with Crippen LogP contribution >= 0.6 is 11.7 Å². The number of fused-ring (bicyclic) bond motifs is 1. The molecule has 0 fully saturated rings. The van der Waals surface area contributed by atoms with Crippen LogP contribution in [0.1, 0.15) is 58.3 Å². The predicted molar refractivity (Wildman–Crippen MR) is 95.2 cm³/mol. The van der Waals surface area contributed by atoms with E-state index in [0.717, 1.165) is 24.6 Å². The Kier molecular flexibility index (Phi) is 7.39. The van der Waals surface area contributed by atoms with Crippen LogP contribution in [0.25, 0.3) is 11.0 Å². The first kappa shape index (κ1) is 18.3. The molecule has 2 rings (SSSR count). The van der Waals surface area contributed by atoms with Crippen molar-refractivity contribution in [3.63, 3.8) is 0 Å². The first-order valence-corrected chi connectivity index (χ1v) is 10.6. The van der Waals surface area contributed by atoms with E-state index in [0.29, 0.717) is 17.6 Å². The van der Waals surface area contributed by atoms with E-state index in [-0.39, 0.29) is 4.90 Å². The molecule has 1 N–H and O–H groups in total. The van der Waals surface area contributed by atoms with E-state index in [9.17, 15) is 8.42 Å². The van der Waals surface area contributed by atoms with E-state index >= 15 is 0 Å². The van der Waals surface area contributed by atoms with Gasteiger partial charge < -0.3 is 0 Å². The highest BCUT2D eigenvalue weighted by molar-refractivity contribution is 7.89. The Morgan fingerprint density at radius 1 is 1.00 bits per heavy atom. The largest absolute Gasteiger partial charge is 0.242 e. The standard InChI is InChI=1S/C16H25N3O2S2/c1-2-3-4-5-6-7-8-9-13-17-23(20,21)15-12-10-11-14-16(15)19-22-18-14/h10-12,17H,2-9,13H2,1H3. The lowest BCUT2D eigenvalue weighted by Crippen LogP contribution is -2.25. The highest BCUT2D eigenvalue weighted by atomic mass is 32.2. The fourth-order valence-corrected chi connectivity index (χ4v) is 4.38. The number of rotatable bonds is 11. The molecular weight excluding hydrogens is 330 g/mol. The van der Waals surface area contributed by atoms with Crippen LogP contribution in [0.4, 0.5) is 0 Å². The molecule has 2 aromatic rings. The second-order valence-corrected chi connectivity index (χ2v) is 8.02. The summed E-state index contributed by atoms with van der Waals surface area (Å²) in [6.07, 6.45) is 9.55. The van der Waals surface area contributed by atoms with Crippen LogP contribution in [0.2, 0.25) is 0 Å². The molecule has 0 aliphatic heterocycles. The number of unbranched alkanes of at least 4 members (excludes halogenated alkanes) is 7. The molecule has 0 saturated heterocycles. The summed E-state index contributed by atoms with van der Waals surface area (Å²) in [6, 6.07) is 5.06. The summed E-state index contributed by atoms with van der Waals surface area (Å²) in [6.45, 7) is 2.69. The van der Waals surface area contributed by atoms with Crippen LogP contribution in [-0.4, -0.2) is 23.7 Å². The summed E-state index contributed by atoms with van der Waals surface area (Å²) in [4.78, 5) is 0.225. The normalized spacial score (nSPS) is 12.0. The summed E-state index contributed by atoms with van der Waals surface area (Å²) in [5.41, 5.74) is 1.09. The van der Waals surface area contributed by atoms with Crippen LogP contribution in [0.3, 0.4) is 0 Å². The van der Waals surface area contributed by atoms with E-state index in [1.54, 1.807) is 18.2 Å². The first-order valence-electron chi connectivity index (χ1n) is 8.36. The quantitative estimate of drug-likeness (QED) is 0.616. The van der Waals surface area contributed by atoms with E-state index in [2.05, 4.69) is 20.4 Å². The molecule has 1 heterocycles. The van der Waals surface area contributed by atoms with Crippen molar-refractivity contribution in [1.29, 1.82) is 0 Å². The molecular formula is C16H25N3O2S2. The van der Waals surface area contributed by atoms with Crippen LogP contribution < -0.4 is 4.72 Å². The Balaban J connectivity index is 1.74. The van der Waals surface area contributed by atoms with Crippen LogP contribution in [0, 0.1) is 0 Å². The molecule has 23 heavy (non-hydrogen) atoms. The van der Waals surface area contributed by atoms with Crippen molar-refractivity contribution in [3.8, 4) is 0 Å². The summed E-state index contributed by atoms with van der Waals surface area (Å²) in [5.74, 6) is 0. The highest BCUT2D eigenvalue weighted by Crippen LogP contribution is 2.20. The zero-order chi connectivity index (χ0) is 16.5. The third kappa shape index (κ3) is 5.51. The number of nitrogens with one attached hydrogen (secondary N) is 1. The maximum absolute atomic E-state index is 12.4. The Labute approximate surface area is 142 Å². The topological polar surface area (TPSA) is 72.0 Å². The summed E-state index contributed by atoms with van der Waals surface area (Å²) >= 11 is 1.03. The Bertz CT molecular complexity index is 698. The van der Waals surface area contributed by atoms with Crippen LogP contribution in [0.15, 0.2) is 23.1 Å². The van der Waals surface area contributed by atoms with E-state index in [1.807, 2.05) is 0 Å². The van der Waals surface area contributed by atoms with Gasteiger partial charge in [-0.2, -0.15) is 8.75 Å². The van der Waals surface area contributed by atoms with Gasteiger partial charge in [0.15, 0.2) is 0 Å². The van der Waals surface area contributed by atoms with Gasteiger partial charge in [-0.05, 0) is 18.6 Å². The molecule has 128 valence electrons. The van der Waals surface area contributed by atoms with Crippen molar-refractivity contribution in [2.75, 3.05) is 6.54 Å². The molecule has 5 nitrogen and oxygen atoms in total. The smallest absolute Gasteiger partial charge is 0.211 e. The SMILES string of the molecule is CCCCCCCCCCNS(=O)(=O)c1cccc2nsnc12. The monoisotopic (exact) mass is 355 g/mol. The molecule has 0 aliphatic rings. The second kappa shape index (κ2) is 9.30. The van der Waals surface area contributed by atoms with Crippen molar-refractivity contribution in [1.82, 2.24) is 13.5 Å². The number of sulfonamides is 1. The van der Waals surface area contributed by atoms with Crippen molar-refractivity contribution in [2.45, 2.75) is 63.2 Å². The molecule has 0 amide bonds. The number of hydrogen-bond acceptors (Lipinski definition) is 5. The molecule has 0 radical (unpaired) electrons. The number of benzene rings is 1. The van der Waals surface area contributed by atoms with Gasteiger partial charge >= 0.3 is 0 Å². The van der Waals surface area contributed by atoms with Gasteiger partial charge in [0.05, 0.1) is 11.7 Å². The van der Waals surface area contributed by atoms with Crippen molar-refractivity contribution in [3.05, 3.63) is 18.2 Å². The lowest BCUT2D eigenvalue weighted by Gasteiger charge is -2.07. The Morgan fingerprint density at radius 3 is 2.43 bits per heavy atom. The fourth-order valence-electron chi connectivity index (χ4n) is 2.54. The molecule has 7 heteroatoms. The minimum absolute atomic E-state index is 0.225. The van der Waals surface area contributed by atoms with Gasteiger partial charge in [0.1, 0.15) is 15.9 Å². The molecule has 0 aliphatic carbocycles.